The van der Waals surface area contributed by atoms with Crippen molar-refractivity contribution in [1.82, 2.24) is 9.88 Å². The summed E-state index contributed by atoms with van der Waals surface area (Å²) in [6.45, 7) is 3.81. The molecular weight excluding hydrogens is 250 g/mol. The van der Waals surface area contributed by atoms with Crippen molar-refractivity contribution in [2.75, 3.05) is 18.8 Å². The lowest BCUT2D eigenvalue weighted by molar-refractivity contribution is 0.0677. The van der Waals surface area contributed by atoms with Gasteiger partial charge in [0.15, 0.2) is 0 Å². The maximum absolute atomic E-state index is 12.5. The Hall–Kier alpha value is -2.10. The summed E-state index contributed by atoms with van der Waals surface area (Å²) in [4.78, 5) is 18.7. The second-order valence-corrected chi connectivity index (χ2v) is 5.61. The molecule has 1 aromatic heterocycles. The number of nitrogen functional groups attached to an aromatic ring is 1. The molecular formula is C16H19N3O. The molecule has 20 heavy (non-hydrogen) atoms. The standard InChI is InChI=1S/C16H19N3O/c1-11-5-4-8-19(10-11)16(20)14-9-12-6-2-3-7-13(12)15(17)18-14/h2-3,6-7,9,11H,4-5,8,10H2,1H3,(H2,17,18). The Balaban J connectivity index is 1.95. The van der Waals surface area contributed by atoms with E-state index in [0.717, 1.165) is 30.3 Å². The van der Waals surface area contributed by atoms with Crippen LogP contribution in [0, 0.1) is 5.92 Å². The topological polar surface area (TPSA) is 59.2 Å². The van der Waals surface area contributed by atoms with Crippen molar-refractivity contribution in [3.05, 3.63) is 36.0 Å². The number of aromatic nitrogens is 1. The van der Waals surface area contributed by atoms with Crippen molar-refractivity contribution >= 4 is 22.5 Å². The molecule has 1 atom stereocenters. The maximum atomic E-state index is 12.5. The third-order valence-corrected chi connectivity index (χ3v) is 3.93. The quantitative estimate of drug-likeness (QED) is 0.866. The lowest BCUT2D eigenvalue weighted by Crippen LogP contribution is -2.39. The van der Waals surface area contributed by atoms with Gasteiger partial charge in [0.1, 0.15) is 11.5 Å². The second-order valence-electron chi connectivity index (χ2n) is 5.61. The molecule has 0 aliphatic carbocycles. The lowest BCUT2D eigenvalue weighted by Gasteiger charge is -2.30. The molecule has 1 aliphatic heterocycles. The van der Waals surface area contributed by atoms with Gasteiger partial charge in [-0.2, -0.15) is 0 Å². The minimum absolute atomic E-state index is 0.00555. The number of anilines is 1. The molecule has 3 rings (SSSR count). The predicted molar refractivity (Wildman–Crippen MR) is 80.5 cm³/mol. The fourth-order valence-corrected chi connectivity index (χ4v) is 2.87. The summed E-state index contributed by atoms with van der Waals surface area (Å²) >= 11 is 0. The number of hydrogen-bond acceptors (Lipinski definition) is 3. The Labute approximate surface area is 118 Å². The summed E-state index contributed by atoms with van der Waals surface area (Å²) < 4.78 is 0. The third-order valence-electron chi connectivity index (χ3n) is 3.93. The summed E-state index contributed by atoms with van der Waals surface area (Å²) in [5.41, 5.74) is 6.42. The molecule has 1 amide bonds. The lowest BCUT2D eigenvalue weighted by atomic mass is 10.00. The van der Waals surface area contributed by atoms with E-state index in [2.05, 4.69) is 11.9 Å². The van der Waals surface area contributed by atoms with Crippen molar-refractivity contribution < 1.29 is 4.79 Å². The van der Waals surface area contributed by atoms with Gasteiger partial charge in [0.25, 0.3) is 5.91 Å². The number of benzene rings is 1. The summed E-state index contributed by atoms with van der Waals surface area (Å²) in [5, 5.41) is 1.87. The zero-order chi connectivity index (χ0) is 14.1. The van der Waals surface area contributed by atoms with Gasteiger partial charge in [-0.1, -0.05) is 31.2 Å². The van der Waals surface area contributed by atoms with Gasteiger partial charge in [0, 0.05) is 18.5 Å². The summed E-state index contributed by atoms with van der Waals surface area (Å²) in [6.07, 6.45) is 2.26. The highest BCUT2D eigenvalue weighted by molar-refractivity contribution is 5.99. The SMILES string of the molecule is CC1CCCN(C(=O)c2cc3ccccc3c(N)n2)C1. The first-order chi connectivity index (χ1) is 9.65. The number of nitrogens with two attached hydrogens (primary N) is 1. The van der Waals surface area contributed by atoms with Gasteiger partial charge in [0.05, 0.1) is 0 Å². The van der Waals surface area contributed by atoms with E-state index in [9.17, 15) is 4.79 Å². The zero-order valence-electron chi connectivity index (χ0n) is 11.7. The molecule has 104 valence electrons. The molecule has 1 saturated heterocycles. The first kappa shape index (κ1) is 12.9. The fourth-order valence-electron chi connectivity index (χ4n) is 2.87. The van der Waals surface area contributed by atoms with Crippen LogP contribution in [0.25, 0.3) is 10.8 Å². The van der Waals surface area contributed by atoms with E-state index in [1.807, 2.05) is 35.2 Å². The molecule has 0 radical (unpaired) electrons. The summed E-state index contributed by atoms with van der Waals surface area (Å²) in [5.74, 6) is 0.982. The highest BCUT2D eigenvalue weighted by Gasteiger charge is 2.23. The first-order valence-corrected chi connectivity index (χ1v) is 7.09. The molecule has 1 unspecified atom stereocenters. The molecule has 0 bridgehead atoms. The second kappa shape index (κ2) is 5.12. The predicted octanol–water partition coefficient (Wildman–Crippen LogP) is 2.69. The van der Waals surface area contributed by atoms with E-state index in [0.29, 0.717) is 17.4 Å². The molecule has 1 aromatic carbocycles. The van der Waals surface area contributed by atoms with Crippen molar-refractivity contribution in [2.24, 2.45) is 5.92 Å². The highest BCUT2D eigenvalue weighted by Crippen LogP contribution is 2.22. The Bertz CT molecular complexity index is 653. The molecule has 4 heteroatoms. The highest BCUT2D eigenvalue weighted by atomic mass is 16.2. The van der Waals surface area contributed by atoms with Crippen LogP contribution < -0.4 is 5.73 Å². The average Bonchev–Trinajstić information content (AvgIpc) is 2.46. The normalized spacial score (nSPS) is 19.2. The van der Waals surface area contributed by atoms with Gasteiger partial charge in [-0.15, -0.1) is 0 Å². The van der Waals surface area contributed by atoms with Crippen LogP contribution in [0.3, 0.4) is 0 Å². The summed E-state index contributed by atoms with van der Waals surface area (Å²) in [6, 6.07) is 9.60. The molecule has 4 nitrogen and oxygen atoms in total. The first-order valence-electron chi connectivity index (χ1n) is 7.09. The smallest absolute Gasteiger partial charge is 0.272 e. The average molecular weight is 269 g/mol. The Morgan fingerprint density at radius 3 is 3.00 bits per heavy atom. The zero-order valence-corrected chi connectivity index (χ0v) is 11.7. The monoisotopic (exact) mass is 269 g/mol. The maximum Gasteiger partial charge on any atom is 0.272 e. The van der Waals surface area contributed by atoms with Crippen LogP contribution in [0.5, 0.6) is 0 Å². The number of likely N-dealkylation sites (tertiary alicyclic amines) is 1. The van der Waals surface area contributed by atoms with E-state index in [1.165, 1.54) is 6.42 Å². The third kappa shape index (κ3) is 2.33. The molecule has 2 aromatic rings. The molecule has 0 spiro atoms. The summed E-state index contributed by atoms with van der Waals surface area (Å²) in [7, 11) is 0. The Kier molecular flexibility index (Phi) is 3.30. The number of carbonyl (C=O) groups is 1. The van der Waals surface area contributed by atoms with Crippen LogP contribution in [0.4, 0.5) is 5.82 Å². The van der Waals surface area contributed by atoms with Gasteiger partial charge in [0.2, 0.25) is 0 Å². The van der Waals surface area contributed by atoms with Crippen LogP contribution in [-0.4, -0.2) is 28.9 Å². The molecule has 2 N–H and O–H groups in total. The number of hydrogen-bond donors (Lipinski definition) is 1. The number of fused-ring (bicyclic) bond motifs is 1. The van der Waals surface area contributed by atoms with Gasteiger partial charge < -0.3 is 10.6 Å². The van der Waals surface area contributed by atoms with Gasteiger partial charge in [-0.3, -0.25) is 4.79 Å². The number of pyridine rings is 1. The number of nitrogens with zero attached hydrogens (tertiary/aromatic N) is 2. The van der Waals surface area contributed by atoms with Crippen LogP contribution in [0.2, 0.25) is 0 Å². The van der Waals surface area contributed by atoms with E-state index in [4.69, 9.17) is 5.73 Å². The minimum atomic E-state index is -0.00555. The molecule has 1 fully saturated rings. The fraction of sp³-hybridized carbons (Fsp3) is 0.375. The molecule has 1 aliphatic rings. The van der Waals surface area contributed by atoms with Crippen molar-refractivity contribution in [3.63, 3.8) is 0 Å². The Morgan fingerprint density at radius 1 is 1.40 bits per heavy atom. The van der Waals surface area contributed by atoms with E-state index in [-0.39, 0.29) is 5.91 Å². The molecule has 2 heterocycles. The molecule has 0 saturated carbocycles. The minimum Gasteiger partial charge on any atom is -0.383 e. The number of rotatable bonds is 1. The number of piperidine rings is 1. The Morgan fingerprint density at radius 2 is 2.20 bits per heavy atom. The van der Waals surface area contributed by atoms with Gasteiger partial charge in [-0.25, -0.2) is 4.98 Å². The number of amides is 1. The van der Waals surface area contributed by atoms with Crippen molar-refractivity contribution in [2.45, 2.75) is 19.8 Å². The van der Waals surface area contributed by atoms with Crippen LogP contribution in [0.15, 0.2) is 30.3 Å². The van der Waals surface area contributed by atoms with Crippen LogP contribution in [0.1, 0.15) is 30.3 Å². The van der Waals surface area contributed by atoms with Crippen LogP contribution in [-0.2, 0) is 0 Å². The van der Waals surface area contributed by atoms with Gasteiger partial charge >= 0.3 is 0 Å². The van der Waals surface area contributed by atoms with Crippen molar-refractivity contribution in [3.8, 4) is 0 Å². The largest absolute Gasteiger partial charge is 0.383 e. The van der Waals surface area contributed by atoms with E-state index < -0.39 is 0 Å². The number of carbonyl (C=O) groups excluding carboxylic acids is 1. The van der Waals surface area contributed by atoms with E-state index in [1.54, 1.807) is 0 Å². The van der Waals surface area contributed by atoms with Gasteiger partial charge in [-0.05, 0) is 30.2 Å². The van der Waals surface area contributed by atoms with E-state index >= 15 is 0 Å². The van der Waals surface area contributed by atoms with Crippen LogP contribution >= 0.6 is 0 Å². The van der Waals surface area contributed by atoms with Crippen molar-refractivity contribution in [1.29, 1.82) is 0 Å².